The van der Waals surface area contributed by atoms with Crippen molar-refractivity contribution in [2.45, 2.75) is 51.1 Å². The van der Waals surface area contributed by atoms with Gasteiger partial charge in [-0.25, -0.2) is 8.42 Å². The van der Waals surface area contributed by atoms with E-state index in [1.807, 2.05) is 11.0 Å². The average Bonchev–Trinajstić information content (AvgIpc) is 3.51. The summed E-state index contributed by atoms with van der Waals surface area (Å²) in [5.74, 6) is 0.561. The minimum absolute atomic E-state index is 0.0864. The van der Waals surface area contributed by atoms with Crippen molar-refractivity contribution in [3.05, 3.63) is 29.5 Å². The van der Waals surface area contributed by atoms with Crippen molar-refractivity contribution in [3.8, 4) is 0 Å². The van der Waals surface area contributed by atoms with Crippen LogP contribution < -0.4 is 5.32 Å². The van der Waals surface area contributed by atoms with Crippen molar-refractivity contribution >= 4 is 32.3 Å². The van der Waals surface area contributed by atoms with Gasteiger partial charge < -0.3 is 15.2 Å². The second-order valence-electron chi connectivity index (χ2n) is 9.34. The Hall–Kier alpha value is -2.06. The minimum atomic E-state index is -2.88. The van der Waals surface area contributed by atoms with E-state index in [-0.39, 0.29) is 17.4 Å². The van der Waals surface area contributed by atoms with Crippen LogP contribution >= 0.6 is 0 Å². The molecule has 1 amide bonds. The van der Waals surface area contributed by atoms with Crippen LogP contribution in [-0.2, 0) is 16.4 Å². The Balaban J connectivity index is 1.43. The number of nitrogens with one attached hydrogen (secondary N) is 2. The zero-order chi connectivity index (χ0) is 21.4. The van der Waals surface area contributed by atoms with Gasteiger partial charge in [0.25, 0.3) is 5.91 Å². The summed E-state index contributed by atoms with van der Waals surface area (Å²) in [4.78, 5) is 20.5. The van der Waals surface area contributed by atoms with Crippen molar-refractivity contribution in [1.29, 1.82) is 0 Å². The molecule has 0 atom stereocenters. The summed E-state index contributed by atoms with van der Waals surface area (Å²) in [5, 5.41) is 4.77. The Bertz CT molecular complexity index is 1050. The number of likely N-dealkylation sites (tertiary alicyclic amines) is 1. The fourth-order valence-corrected chi connectivity index (χ4v) is 6.45. The van der Waals surface area contributed by atoms with Gasteiger partial charge in [-0.1, -0.05) is 12.8 Å². The van der Waals surface area contributed by atoms with E-state index in [0.29, 0.717) is 24.8 Å². The normalized spacial score (nSPS) is 22.4. The van der Waals surface area contributed by atoms with Gasteiger partial charge in [0.1, 0.15) is 5.69 Å². The number of carbonyl (C=O) groups excluding carboxylic acids is 1. The predicted molar refractivity (Wildman–Crippen MR) is 123 cm³/mol. The lowest BCUT2D eigenvalue weighted by Crippen LogP contribution is -2.39. The maximum atomic E-state index is 12.9. The first-order valence-electron chi connectivity index (χ1n) is 11.6. The molecule has 0 unspecified atom stereocenters. The zero-order valence-electron chi connectivity index (χ0n) is 18.0. The molecule has 168 valence electrons. The van der Waals surface area contributed by atoms with E-state index in [9.17, 15) is 13.2 Å². The van der Waals surface area contributed by atoms with E-state index in [1.165, 1.54) is 25.7 Å². The van der Waals surface area contributed by atoms with E-state index in [1.54, 1.807) is 0 Å². The van der Waals surface area contributed by atoms with Crippen LogP contribution in [0.2, 0.25) is 0 Å². The summed E-state index contributed by atoms with van der Waals surface area (Å²) in [6, 6.07) is 6.79. The number of nitrogens with zero attached hydrogens (tertiary/aromatic N) is 2. The van der Waals surface area contributed by atoms with Crippen LogP contribution in [0.25, 0.3) is 10.9 Å². The van der Waals surface area contributed by atoms with Gasteiger partial charge in [0.2, 0.25) is 0 Å². The summed E-state index contributed by atoms with van der Waals surface area (Å²) >= 11 is 0. The minimum Gasteiger partial charge on any atom is -0.381 e. The van der Waals surface area contributed by atoms with Crippen LogP contribution in [0.5, 0.6) is 0 Å². The van der Waals surface area contributed by atoms with E-state index in [4.69, 9.17) is 0 Å². The number of rotatable bonds is 5. The molecule has 3 aliphatic rings. The highest BCUT2D eigenvalue weighted by atomic mass is 32.2. The van der Waals surface area contributed by atoms with Crippen LogP contribution in [0.15, 0.2) is 18.2 Å². The Kier molecular flexibility index (Phi) is 5.69. The van der Waals surface area contributed by atoms with Gasteiger partial charge in [0.15, 0.2) is 9.84 Å². The number of fused-ring (bicyclic) bond motifs is 1. The van der Waals surface area contributed by atoms with Crippen molar-refractivity contribution in [2.24, 2.45) is 0 Å². The molecule has 2 aliphatic heterocycles. The third kappa shape index (κ3) is 4.60. The summed E-state index contributed by atoms with van der Waals surface area (Å²) in [6.45, 7) is 3.57. The number of aromatic amines is 1. The van der Waals surface area contributed by atoms with Gasteiger partial charge in [0.05, 0.1) is 22.7 Å². The number of sulfone groups is 1. The maximum Gasteiger partial charge on any atom is 0.270 e. The Morgan fingerprint density at radius 1 is 1.00 bits per heavy atom. The molecule has 1 aromatic carbocycles. The first-order chi connectivity index (χ1) is 15.0. The molecule has 2 aromatic rings. The highest BCUT2D eigenvalue weighted by Crippen LogP contribution is 2.31. The van der Waals surface area contributed by atoms with Gasteiger partial charge in [-0.05, 0) is 49.4 Å². The molecule has 1 aromatic heterocycles. The van der Waals surface area contributed by atoms with Gasteiger partial charge in [-0.3, -0.25) is 9.69 Å². The SMILES string of the molecule is O=C(c1cc2cc(CN3CCS(=O)(=O)CC3)cc(NC3CCCC3)c2[nH]1)N1CCCC1. The summed E-state index contributed by atoms with van der Waals surface area (Å²) in [5.41, 5.74) is 3.88. The van der Waals surface area contributed by atoms with Crippen LogP contribution in [0.1, 0.15) is 54.6 Å². The monoisotopic (exact) mass is 444 g/mol. The summed E-state index contributed by atoms with van der Waals surface area (Å²) in [7, 11) is -2.88. The molecule has 0 spiro atoms. The topological polar surface area (TPSA) is 85.5 Å². The number of amides is 1. The van der Waals surface area contributed by atoms with Gasteiger partial charge in [-0.2, -0.15) is 0 Å². The van der Waals surface area contributed by atoms with Crippen molar-refractivity contribution in [1.82, 2.24) is 14.8 Å². The second-order valence-corrected chi connectivity index (χ2v) is 11.6. The van der Waals surface area contributed by atoms with Crippen molar-refractivity contribution in [2.75, 3.05) is 43.0 Å². The molecule has 1 aliphatic carbocycles. The first-order valence-corrected chi connectivity index (χ1v) is 13.4. The molecule has 3 fully saturated rings. The Morgan fingerprint density at radius 2 is 1.71 bits per heavy atom. The molecule has 2 saturated heterocycles. The molecule has 0 radical (unpaired) electrons. The number of benzene rings is 1. The molecule has 31 heavy (non-hydrogen) atoms. The first kappa shape index (κ1) is 20.8. The highest BCUT2D eigenvalue weighted by molar-refractivity contribution is 7.91. The zero-order valence-corrected chi connectivity index (χ0v) is 18.8. The average molecular weight is 445 g/mol. The number of hydrogen-bond donors (Lipinski definition) is 2. The van der Waals surface area contributed by atoms with Crippen LogP contribution in [-0.4, -0.2) is 72.8 Å². The maximum absolute atomic E-state index is 12.9. The smallest absolute Gasteiger partial charge is 0.270 e. The van der Waals surface area contributed by atoms with Crippen LogP contribution in [0.3, 0.4) is 0 Å². The molecule has 1 saturated carbocycles. The molecule has 0 bridgehead atoms. The molecular formula is C23H32N4O3S. The predicted octanol–water partition coefficient (Wildman–Crippen LogP) is 2.99. The van der Waals surface area contributed by atoms with E-state index in [2.05, 4.69) is 27.3 Å². The number of hydrogen-bond acceptors (Lipinski definition) is 5. The molecule has 5 rings (SSSR count). The lowest BCUT2D eigenvalue weighted by Gasteiger charge is -2.27. The quantitative estimate of drug-likeness (QED) is 0.741. The standard InChI is InChI=1S/C23H32N4O3S/c28-23(27-7-3-4-8-27)21-15-18-13-17(16-26-9-11-31(29,30)12-10-26)14-20(22(18)25-21)24-19-5-1-2-6-19/h13-15,19,24-25H,1-12,16H2. The molecular weight excluding hydrogens is 412 g/mol. The van der Waals surface area contributed by atoms with E-state index in [0.717, 1.165) is 54.6 Å². The largest absolute Gasteiger partial charge is 0.381 e. The fraction of sp³-hybridized carbons (Fsp3) is 0.609. The molecule has 7 nitrogen and oxygen atoms in total. The summed E-state index contributed by atoms with van der Waals surface area (Å²) < 4.78 is 23.5. The third-order valence-electron chi connectivity index (χ3n) is 6.97. The Morgan fingerprint density at radius 3 is 2.42 bits per heavy atom. The lowest BCUT2D eigenvalue weighted by molar-refractivity contribution is 0.0788. The number of H-pyrrole nitrogens is 1. The molecule has 2 N–H and O–H groups in total. The van der Waals surface area contributed by atoms with E-state index < -0.39 is 9.84 Å². The van der Waals surface area contributed by atoms with Crippen molar-refractivity contribution < 1.29 is 13.2 Å². The lowest BCUT2D eigenvalue weighted by atomic mass is 10.1. The molecule has 3 heterocycles. The second kappa shape index (κ2) is 8.47. The summed E-state index contributed by atoms with van der Waals surface area (Å²) in [6.07, 6.45) is 7.02. The number of carbonyl (C=O) groups is 1. The number of aromatic nitrogens is 1. The number of anilines is 1. The third-order valence-corrected chi connectivity index (χ3v) is 8.58. The van der Waals surface area contributed by atoms with Crippen molar-refractivity contribution in [3.63, 3.8) is 0 Å². The molecule has 8 heteroatoms. The van der Waals surface area contributed by atoms with Crippen LogP contribution in [0, 0.1) is 0 Å². The van der Waals surface area contributed by atoms with Gasteiger partial charge in [-0.15, -0.1) is 0 Å². The van der Waals surface area contributed by atoms with E-state index >= 15 is 0 Å². The van der Waals surface area contributed by atoms with Gasteiger partial charge >= 0.3 is 0 Å². The highest BCUT2D eigenvalue weighted by Gasteiger charge is 2.24. The van der Waals surface area contributed by atoms with Crippen LogP contribution in [0.4, 0.5) is 5.69 Å². The fourth-order valence-electron chi connectivity index (χ4n) is 5.17. The van der Waals surface area contributed by atoms with Gasteiger partial charge in [0, 0.05) is 44.2 Å². The Labute approximate surface area is 184 Å².